The van der Waals surface area contributed by atoms with Crippen molar-refractivity contribution in [3.8, 4) is 55.6 Å². The smallest absolute Gasteiger partial charge is 0.0713 e. The van der Waals surface area contributed by atoms with E-state index in [-0.39, 0.29) is 5.41 Å². The molecule has 0 bridgehead atoms. The van der Waals surface area contributed by atoms with Crippen molar-refractivity contribution in [2.45, 2.75) is 24.7 Å². The third-order valence-electron chi connectivity index (χ3n) is 15.8. The minimum Gasteiger partial charge on any atom is -0.309 e. The van der Waals surface area contributed by atoms with Crippen molar-refractivity contribution < 1.29 is 0 Å². The molecule has 0 atom stereocenters. The summed E-state index contributed by atoms with van der Waals surface area (Å²) in [6, 6.07) is 97.2. The van der Waals surface area contributed by atoms with Gasteiger partial charge in [-0.2, -0.15) is 0 Å². The lowest BCUT2D eigenvalue weighted by Crippen LogP contribution is -2.28. The van der Waals surface area contributed by atoms with Crippen molar-refractivity contribution in [3.63, 3.8) is 0 Å². The number of benzene rings is 11. The molecule has 1 aromatic heterocycles. The Hall–Kier alpha value is -8.56. The van der Waals surface area contributed by atoms with Gasteiger partial charge in [-0.3, -0.25) is 0 Å². The van der Waals surface area contributed by atoms with E-state index in [2.05, 4.69) is 280 Å². The van der Waals surface area contributed by atoms with Crippen LogP contribution in [0.5, 0.6) is 0 Å². The molecule has 0 amide bonds. The van der Waals surface area contributed by atoms with E-state index in [9.17, 15) is 0 Å². The second kappa shape index (κ2) is 16.5. The van der Waals surface area contributed by atoms with Crippen LogP contribution >= 0.6 is 11.3 Å². The summed E-state index contributed by atoms with van der Waals surface area (Å²) in [7, 11) is 0. The molecule has 0 saturated carbocycles. The van der Waals surface area contributed by atoms with E-state index in [0.717, 1.165) is 11.4 Å². The fourth-order valence-electron chi connectivity index (χ4n) is 12.4. The second-order valence-electron chi connectivity index (χ2n) is 19.9. The molecule has 1 nitrogen and oxygen atoms in total. The van der Waals surface area contributed by atoms with Crippen molar-refractivity contribution in [3.05, 3.63) is 294 Å². The maximum absolute atomic E-state index is 2.52. The number of thiophene rings is 1. The number of fused-ring (bicyclic) bond motifs is 9. The Morgan fingerprint density at radius 3 is 1.62 bits per heavy atom. The van der Waals surface area contributed by atoms with Crippen molar-refractivity contribution in [2.75, 3.05) is 4.90 Å². The number of hydrogen-bond acceptors (Lipinski definition) is 2. The van der Waals surface area contributed by atoms with Gasteiger partial charge in [0.25, 0.3) is 0 Å². The molecular formula is C70H49NS. The fourth-order valence-corrected chi connectivity index (χ4v) is 13.5. The van der Waals surface area contributed by atoms with Gasteiger partial charge < -0.3 is 4.90 Å². The predicted octanol–water partition coefficient (Wildman–Crippen LogP) is 19.2. The molecule has 1 heterocycles. The van der Waals surface area contributed by atoms with Gasteiger partial charge in [0.15, 0.2) is 0 Å². The average Bonchev–Trinajstić information content (AvgIpc) is 4.05. The average molecular weight is 936 g/mol. The van der Waals surface area contributed by atoms with Crippen LogP contribution in [0.25, 0.3) is 75.8 Å². The zero-order chi connectivity index (χ0) is 48.0. The maximum Gasteiger partial charge on any atom is 0.0713 e. The van der Waals surface area contributed by atoms with Crippen LogP contribution in [0.3, 0.4) is 0 Å². The van der Waals surface area contributed by atoms with Gasteiger partial charge in [0, 0.05) is 42.4 Å². The van der Waals surface area contributed by atoms with Crippen LogP contribution in [0, 0.1) is 0 Å². The Morgan fingerprint density at radius 1 is 0.319 bits per heavy atom. The summed E-state index contributed by atoms with van der Waals surface area (Å²) in [5.74, 6) is 0. The minimum absolute atomic E-state index is 0.142. The highest BCUT2D eigenvalue weighted by Crippen LogP contribution is 2.58. The zero-order valence-corrected chi connectivity index (χ0v) is 41.0. The molecule has 0 unspecified atom stereocenters. The van der Waals surface area contributed by atoms with Crippen molar-refractivity contribution in [2.24, 2.45) is 0 Å². The van der Waals surface area contributed by atoms with Gasteiger partial charge in [-0.05, 0) is 126 Å². The first kappa shape index (κ1) is 42.3. The van der Waals surface area contributed by atoms with Crippen LogP contribution in [-0.4, -0.2) is 0 Å². The lowest BCUT2D eigenvalue weighted by molar-refractivity contribution is 0.660. The van der Waals surface area contributed by atoms with Crippen LogP contribution < -0.4 is 4.90 Å². The molecule has 2 aliphatic rings. The van der Waals surface area contributed by atoms with Gasteiger partial charge in [0.05, 0.1) is 16.8 Å². The van der Waals surface area contributed by atoms with Crippen LogP contribution in [0.15, 0.2) is 261 Å². The quantitative estimate of drug-likeness (QED) is 0.147. The van der Waals surface area contributed by atoms with E-state index in [1.54, 1.807) is 0 Å². The highest BCUT2D eigenvalue weighted by molar-refractivity contribution is 7.25. The molecule has 2 aliphatic carbocycles. The molecule has 0 saturated heterocycles. The molecule has 12 aromatic rings. The van der Waals surface area contributed by atoms with E-state index in [1.807, 2.05) is 11.3 Å². The Bertz CT molecular complexity index is 4030. The van der Waals surface area contributed by atoms with Crippen LogP contribution in [0.2, 0.25) is 0 Å². The molecule has 2 heteroatoms. The first-order valence-corrected chi connectivity index (χ1v) is 25.9. The van der Waals surface area contributed by atoms with E-state index >= 15 is 0 Å². The lowest BCUT2D eigenvalue weighted by Gasteiger charge is -2.33. The monoisotopic (exact) mass is 935 g/mol. The Labute approximate surface area is 425 Å². The Morgan fingerprint density at radius 2 is 0.861 bits per heavy atom. The lowest BCUT2D eigenvalue weighted by atomic mass is 9.67. The van der Waals surface area contributed by atoms with Gasteiger partial charge in [-0.25, -0.2) is 0 Å². The SMILES string of the molecule is CC1(C)c2ccccc2-c2c(N(c3cccc(-c4ccc(-c5ccc6c(c5)-c5ccccc5C6(c5ccccc5)c5ccccc5)cc4)c3)c3ccccc3-c3ccc4sc5ccccc5c4c3)cccc21. The number of anilines is 3. The van der Waals surface area contributed by atoms with Gasteiger partial charge in [0.2, 0.25) is 0 Å². The predicted molar refractivity (Wildman–Crippen MR) is 305 cm³/mol. The third kappa shape index (κ3) is 6.39. The largest absolute Gasteiger partial charge is 0.309 e. The minimum atomic E-state index is -0.415. The van der Waals surface area contributed by atoms with E-state index < -0.39 is 5.41 Å². The summed E-state index contributed by atoms with van der Waals surface area (Å²) >= 11 is 1.87. The van der Waals surface area contributed by atoms with E-state index in [1.165, 1.54) is 115 Å². The summed E-state index contributed by atoms with van der Waals surface area (Å²) in [5, 5.41) is 2.61. The highest BCUT2D eigenvalue weighted by atomic mass is 32.1. The topological polar surface area (TPSA) is 3.24 Å². The summed E-state index contributed by atoms with van der Waals surface area (Å²) in [5.41, 5.74) is 23.1. The summed E-state index contributed by atoms with van der Waals surface area (Å²) < 4.78 is 2.62. The first-order chi connectivity index (χ1) is 35.5. The molecule has 72 heavy (non-hydrogen) atoms. The van der Waals surface area contributed by atoms with Gasteiger partial charge in [0.1, 0.15) is 0 Å². The second-order valence-corrected chi connectivity index (χ2v) is 21.0. The normalized spacial score (nSPS) is 13.6. The summed E-state index contributed by atoms with van der Waals surface area (Å²) in [4.78, 5) is 2.52. The Kier molecular flexibility index (Phi) is 9.71. The standard InChI is InChI=1S/C70H49NS/c1-69(2)60-29-13-10-28-57(60)68-63(69)31-18-33-65(68)71(64-32-15-11-25-54(64)50-40-42-67-59(45-50)56-27-12-16-34-66(56)72-67)53-24-17-19-48(43-53)46-35-37-47(38-36-46)49-39-41-62-58(44-49)55-26-9-14-30-61(55)70(62,51-20-5-3-6-21-51)52-22-7-4-8-23-52/h3-45H,1-2H3. The highest BCUT2D eigenvalue weighted by Gasteiger charge is 2.46. The molecule has 0 radical (unpaired) electrons. The molecule has 0 fully saturated rings. The molecule has 11 aromatic carbocycles. The van der Waals surface area contributed by atoms with Crippen molar-refractivity contribution in [1.29, 1.82) is 0 Å². The van der Waals surface area contributed by atoms with Crippen LogP contribution in [-0.2, 0) is 10.8 Å². The molecule has 340 valence electrons. The van der Waals surface area contributed by atoms with E-state index in [4.69, 9.17) is 0 Å². The fraction of sp³-hybridized carbons (Fsp3) is 0.0571. The van der Waals surface area contributed by atoms with Crippen molar-refractivity contribution >= 4 is 48.6 Å². The molecule has 0 spiro atoms. The maximum atomic E-state index is 2.52. The van der Waals surface area contributed by atoms with Crippen molar-refractivity contribution in [1.82, 2.24) is 0 Å². The number of para-hydroxylation sites is 1. The molecular weight excluding hydrogens is 887 g/mol. The van der Waals surface area contributed by atoms with Gasteiger partial charge in [-0.15, -0.1) is 11.3 Å². The number of nitrogens with zero attached hydrogens (tertiary/aromatic N) is 1. The van der Waals surface area contributed by atoms with Crippen LogP contribution in [0.1, 0.15) is 47.2 Å². The number of hydrogen-bond donors (Lipinski definition) is 0. The van der Waals surface area contributed by atoms with Crippen LogP contribution in [0.4, 0.5) is 17.1 Å². The Balaban J connectivity index is 0.888. The number of rotatable bonds is 8. The summed E-state index contributed by atoms with van der Waals surface area (Å²) in [6.07, 6.45) is 0. The zero-order valence-electron chi connectivity index (χ0n) is 40.2. The first-order valence-electron chi connectivity index (χ1n) is 25.1. The van der Waals surface area contributed by atoms with E-state index in [0.29, 0.717) is 0 Å². The molecule has 0 N–H and O–H groups in total. The molecule has 14 rings (SSSR count). The van der Waals surface area contributed by atoms with Gasteiger partial charge in [-0.1, -0.05) is 226 Å². The molecule has 0 aliphatic heterocycles. The third-order valence-corrected chi connectivity index (χ3v) is 16.9. The summed E-state index contributed by atoms with van der Waals surface area (Å²) in [6.45, 7) is 4.74. The van der Waals surface area contributed by atoms with Gasteiger partial charge >= 0.3 is 0 Å².